The van der Waals surface area contributed by atoms with Crippen LogP contribution >= 0.6 is 23.2 Å². The van der Waals surface area contributed by atoms with Gasteiger partial charge in [0.25, 0.3) is 5.09 Å². The van der Waals surface area contributed by atoms with Crippen molar-refractivity contribution in [3.05, 3.63) is 43.4 Å². The van der Waals surface area contributed by atoms with Crippen LogP contribution in [-0.2, 0) is 23.8 Å². The Labute approximate surface area is 194 Å². The number of alkyl halides is 3. The Balaban J connectivity index is 2.06. The average molecular weight is 518 g/mol. The van der Waals surface area contributed by atoms with Gasteiger partial charge in [-0.3, -0.25) is 0 Å². The number of hydrogen-bond acceptors (Lipinski definition) is 9. The van der Waals surface area contributed by atoms with Gasteiger partial charge < -0.3 is 23.8 Å². The fraction of sp³-hybridized carbons (Fsp3) is 0.444. The highest BCUT2D eigenvalue weighted by molar-refractivity contribution is 6.36. The minimum atomic E-state index is -5.00. The van der Waals surface area contributed by atoms with Crippen molar-refractivity contribution < 1.29 is 51.6 Å². The zero-order chi connectivity index (χ0) is 24.9. The summed E-state index contributed by atoms with van der Waals surface area (Å²) in [6, 6.07) is 2.42. The third kappa shape index (κ3) is 7.56. The number of carbonyl (C=O) groups excluding carboxylic acids is 2. The van der Waals surface area contributed by atoms with Crippen molar-refractivity contribution in [3.8, 4) is 5.75 Å². The lowest BCUT2D eigenvalue weighted by atomic mass is 10.0. The summed E-state index contributed by atoms with van der Waals surface area (Å²) in [6.07, 6.45) is -10.7. The molecule has 0 N–H and O–H groups in total. The van der Waals surface area contributed by atoms with Crippen molar-refractivity contribution in [1.82, 2.24) is 0 Å². The molecule has 1 aliphatic heterocycles. The Morgan fingerprint density at radius 1 is 1.21 bits per heavy atom. The van der Waals surface area contributed by atoms with Crippen molar-refractivity contribution in [3.63, 3.8) is 0 Å². The lowest BCUT2D eigenvalue weighted by Crippen LogP contribution is -2.41. The highest BCUT2D eigenvalue weighted by atomic mass is 35.5. The second-order valence-electron chi connectivity index (χ2n) is 6.56. The molecule has 0 radical (unpaired) electrons. The smallest absolute Gasteiger partial charge is 0.474 e. The minimum absolute atomic E-state index is 0.0127. The predicted molar refractivity (Wildman–Crippen MR) is 105 cm³/mol. The first-order valence-corrected chi connectivity index (χ1v) is 9.83. The Hall–Kier alpha value is -2.93. The van der Waals surface area contributed by atoms with Crippen LogP contribution in [-0.4, -0.2) is 48.5 Å². The van der Waals surface area contributed by atoms with Crippen LogP contribution in [0.25, 0.3) is 6.08 Å². The number of benzene rings is 1. The van der Waals surface area contributed by atoms with Crippen molar-refractivity contribution >= 4 is 41.4 Å². The largest absolute Gasteiger partial charge is 0.511 e. The third-order valence-electron chi connectivity index (χ3n) is 3.95. The summed E-state index contributed by atoms with van der Waals surface area (Å²) in [7, 11) is 0. The number of nitrogens with zero attached hydrogens (tertiary/aromatic N) is 1. The maximum absolute atomic E-state index is 13.5. The molecule has 0 fully saturated rings. The van der Waals surface area contributed by atoms with E-state index in [1.807, 2.05) is 0 Å². The van der Waals surface area contributed by atoms with E-state index in [-0.39, 0.29) is 34.4 Å². The number of ether oxygens (including phenoxy) is 4. The number of carbonyl (C=O) groups is 2. The van der Waals surface area contributed by atoms with Crippen LogP contribution in [0.2, 0.25) is 10.0 Å². The molecule has 0 bridgehead atoms. The minimum Gasteiger partial charge on any atom is -0.474 e. The molecular weight excluding hydrogens is 502 g/mol. The molecule has 1 aromatic carbocycles. The zero-order valence-electron chi connectivity index (χ0n) is 16.9. The summed E-state index contributed by atoms with van der Waals surface area (Å²) >= 11 is 11.7. The van der Waals surface area contributed by atoms with Crippen molar-refractivity contribution in [2.45, 2.75) is 44.9 Å². The van der Waals surface area contributed by atoms with Crippen LogP contribution in [0, 0.1) is 10.1 Å². The first-order chi connectivity index (χ1) is 15.3. The number of hydrogen-bond donors (Lipinski definition) is 0. The van der Waals surface area contributed by atoms with Gasteiger partial charge in [-0.1, -0.05) is 23.2 Å². The van der Waals surface area contributed by atoms with Gasteiger partial charge in [-0.25, -0.2) is 9.59 Å². The molecule has 1 aliphatic rings. The van der Waals surface area contributed by atoms with Crippen LogP contribution in [0.5, 0.6) is 5.75 Å². The summed E-state index contributed by atoms with van der Waals surface area (Å²) in [5.74, 6) is -1.80. The second-order valence-corrected chi connectivity index (χ2v) is 7.40. The quantitative estimate of drug-likeness (QED) is 0.208. The Morgan fingerprint density at radius 2 is 1.88 bits per heavy atom. The maximum atomic E-state index is 13.5. The van der Waals surface area contributed by atoms with E-state index < -0.39 is 47.5 Å². The lowest BCUT2D eigenvalue weighted by Gasteiger charge is -2.29. The molecule has 2 rings (SSSR count). The molecule has 10 nitrogen and oxygen atoms in total. The molecule has 0 saturated carbocycles. The monoisotopic (exact) mass is 517 g/mol. The van der Waals surface area contributed by atoms with Crippen LogP contribution < -0.4 is 4.74 Å². The summed E-state index contributed by atoms with van der Waals surface area (Å²) in [6.45, 7) is 2.09. The summed E-state index contributed by atoms with van der Waals surface area (Å²) in [4.78, 5) is 38.3. The molecule has 33 heavy (non-hydrogen) atoms. The zero-order valence-corrected chi connectivity index (χ0v) is 18.4. The fourth-order valence-electron chi connectivity index (χ4n) is 2.57. The van der Waals surface area contributed by atoms with Gasteiger partial charge in [0, 0.05) is 23.9 Å². The molecule has 0 saturated heterocycles. The Morgan fingerprint density at radius 3 is 2.48 bits per heavy atom. The first-order valence-electron chi connectivity index (χ1n) is 9.07. The van der Waals surface area contributed by atoms with E-state index in [1.165, 1.54) is 19.1 Å². The summed E-state index contributed by atoms with van der Waals surface area (Å²) < 4.78 is 59.6. The number of fused-ring (bicyclic) bond motifs is 1. The van der Waals surface area contributed by atoms with Crippen LogP contribution in [0.15, 0.2) is 17.7 Å². The number of rotatable bonds is 8. The van der Waals surface area contributed by atoms with Gasteiger partial charge in [0.15, 0.2) is 0 Å². The van der Waals surface area contributed by atoms with Gasteiger partial charge in [0.1, 0.15) is 11.9 Å². The number of halogens is 5. The topological polar surface area (TPSA) is 123 Å². The van der Waals surface area contributed by atoms with Gasteiger partial charge >= 0.3 is 18.3 Å². The van der Waals surface area contributed by atoms with E-state index in [2.05, 4.69) is 9.57 Å². The SMILES string of the molecule is CC(CCO[N+](=O)[O-])OC(=O)OC(C)OC(=O)C1=Cc2cc(Cl)cc(Cl)c2O[C@@H]1C(F)(F)F. The van der Waals surface area contributed by atoms with E-state index in [1.54, 1.807) is 0 Å². The van der Waals surface area contributed by atoms with E-state index in [0.29, 0.717) is 0 Å². The van der Waals surface area contributed by atoms with Gasteiger partial charge in [0.2, 0.25) is 12.4 Å². The maximum Gasteiger partial charge on any atom is 0.511 e. The van der Waals surface area contributed by atoms with Gasteiger partial charge in [-0.2, -0.15) is 13.2 Å². The first kappa shape index (κ1) is 26.3. The van der Waals surface area contributed by atoms with Crippen LogP contribution in [0.4, 0.5) is 18.0 Å². The average Bonchev–Trinajstić information content (AvgIpc) is 2.65. The van der Waals surface area contributed by atoms with Gasteiger partial charge in [0.05, 0.1) is 17.2 Å². The Bertz CT molecular complexity index is 955. The predicted octanol–water partition coefficient (Wildman–Crippen LogP) is 4.73. The molecule has 3 atom stereocenters. The highest BCUT2D eigenvalue weighted by Gasteiger charge is 2.49. The molecule has 0 aromatic heterocycles. The third-order valence-corrected chi connectivity index (χ3v) is 4.45. The molecule has 15 heteroatoms. The van der Waals surface area contributed by atoms with Crippen LogP contribution in [0.1, 0.15) is 25.8 Å². The van der Waals surface area contributed by atoms with Crippen molar-refractivity contribution in [1.29, 1.82) is 0 Å². The molecule has 0 aliphatic carbocycles. The van der Waals surface area contributed by atoms with Crippen molar-refractivity contribution in [2.75, 3.05) is 6.61 Å². The second kappa shape index (κ2) is 10.8. The molecule has 1 heterocycles. The van der Waals surface area contributed by atoms with Crippen LogP contribution in [0.3, 0.4) is 0 Å². The number of esters is 1. The molecule has 2 unspecified atom stereocenters. The Kier molecular flexibility index (Phi) is 8.61. The van der Waals surface area contributed by atoms with E-state index in [4.69, 9.17) is 37.4 Å². The molecule has 0 spiro atoms. The highest BCUT2D eigenvalue weighted by Crippen LogP contribution is 2.42. The van der Waals surface area contributed by atoms with Gasteiger partial charge in [-0.15, -0.1) is 10.1 Å². The van der Waals surface area contributed by atoms with E-state index in [9.17, 15) is 32.9 Å². The molecule has 1 aromatic rings. The normalized spacial score (nSPS) is 16.9. The molecule has 0 amide bonds. The molecular formula is C18H16Cl2F3NO9. The van der Waals surface area contributed by atoms with Crippen molar-refractivity contribution in [2.24, 2.45) is 0 Å². The standard InChI is InChI=1S/C18H16Cl2F3NO9/c1-8(3-4-29-24(27)28)30-17(26)32-9(2)31-16(25)12-6-10-5-11(19)7-13(20)14(10)33-15(12)18(21,22)23/h5-9,15H,3-4H2,1-2H3/t8?,9?,15-/m0/s1. The molecule has 182 valence electrons. The van der Waals surface area contributed by atoms with Gasteiger partial charge in [-0.05, 0) is 25.1 Å². The van der Waals surface area contributed by atoms with E-state index >= 15 is 0 Å². The summed E-state index contributed by atoms with van der Waals surface area (Å²) in [5.41, 5.74) is -0.916. The lowest BCUT2D eigenvalue weighted by molar-refractivity contribution is -0.758. The summed E-state index contributed by atoms with van der Waals surface area (Å²) in [5, 5.41) is 8.95. The van der Waals surface area contributed by atoms with E-state index in [0.717, 1.165) is 13.0 Å². The fourth-order valence-corrected chi connectivity index (χ4v) is 3.12.